The molecule has 0 aliphatic heterocycles. The molecule has 2 nitrogen and oxygen atoms in total. The van der Waals surface area contributed by atoms with Gasteiger partial charge < -0.3 is 5.73 Å². The summed E-state index contributed by atoms with van der Waals surface area (Å²) in [6.45, 7) is 3.91. The Hall–Kier alpha value is -1.61. The molecule has 0 bridgehead atoms. The highest BCUT2D eigenvalue weighted by Gasteiger charge is 2.15. The number of hydrogen-bond acceptors (Lipinski definition) is 2. The molecule has 0 aliphatic carbocycles. The molecule has 0 atom stereocenters. The molecule has 2 N–H and O–H groups in total. The first-order valence-electron chi connectivity index (χ1n) is 5.66. The maximum atomic E-state index is 12.5. The zero-order chi connectivity index (χ0) is 13.3. The first kappa shape index (κ1) is 12.8. The van der Waals surface area contributed by atoms with Gasteiger partial charge in [0.05, 0.1) is 4.47 Å². The minimum atomic E-state index is -0.00428. The number of rotatable bonds is 2. The van der Waals surface area contributed by atoms with E-state index in [0.717, 1.165) is 16.7 Å². The summed E-state index contributed by atoms with van der Waals surface area (Å²) in [5, 5.41) is 0. The Morgan fingerprint density at radius 3 is 2.56 bits per heavy atom. The highest BCUT2D eigenvalue weighted by atomic mass is 79.9. The number of ketones is 1. The molecule has 18 heavy (non-hydrogen) atoms. The van der Waals surface area contributed by atoms with Gasteiger partial charge in [0.25, 0.3) is 0 Å². The molecule has 0 amide bonds. The fourth-order valence-corrected chi connectivity index (χ4v) is 2.30. The van der Waals surface area contributed by atoms with Crippen LogP contribution in [0, 0.1) is 13.8 Å². The van der Waals surface area contributed by atoms with Crippen LogP contribution in [-0.2, 0) is 0 Å². The van der Waals surface area contributed by atoms with E-state index in [9.17, 15) is 4.79 Å². The number of anilines is 1. The van der Waals surface area contributed by atoms with Gasteiger partial charge in [0, 0.05) is 16.8 Å². The largest absolute Gasteiger partial charge is 0.398 e. The number of carbonyl (C=O) groups excluding carboxylic acids is 1. The topological polar surface area (TPSA) is 43.1 Å². The molecule has 0 aromatic heterocycles. The summed E-state index contributed by atoms with van der Waals surface area (Å²) >= 11 is 3.38. The van der Waals surface area contributed by atoms with E-state index in [0.29, 0.717) is 15.7 Å². The van der Waals surface area contributed by atoms with Crippen LogP contribution in [0.5, 0.6) is 0 Å². The van der Waals surface area contributed by atoms with Gasteiger partial charge in [0.2, 0.25) is 0 Å². The average Bonchev–Trinajstić information content (AvgIpc) is 2.35. The quantitative estimate of drug-likeness (QED) is 0.676. The predicted molar refractivity (Wildman–Crippen MR) is 77.9 cm³/mol. The summed E-state index contributed by atoms with van der Waals surface area (Å²) in [5.41, 5.74) is 9.75. The first-order valence-corrected chi connectivity index (χ1v) is 6.46. The minimum Gasteiger partial charge on any atom is -0.398 e. The van der Waals surface area contributed by atoms with Crippen LogP contribution >= 0.6 is 15.9 Å². The van der Waals surface area contributed by atoms with Crippen LogP contribution in [0.25, 0.3) is 0 Å². The van der Waals surface area contributed by atoms with Crippen molar-refractivity contribution >= 4 is 27.4 Å². The van der Waals surface area contributed by atoms with Gasteiger partial charge in [-0.05, 0) is 53.5 Å². The van der Waals surface area contributed by atoms with Crippen LogP contribution in [0.4, 0.5) is 5.69 Å². The molecule has 92 valence electrons. The van der Waals surface area contributed by atoms with Gasteiger partial charge in [-0.1, -0.05) is 23.8 Å². The molecule has 0 saturated heterocycles. The molecule has 0 fully saturated rings. The third-order valence-corrected chi connectivity index (χ3v) is 3.80. The Morgan fingerprint density at radius 1 is 1.11 bits per heavy atom. The normalized spacial score (nSPS) is 10.4. The van der Waals surface area contributed by atoms with Crippen molar-refractivity contribution in [1.29, 1.82) is 0 Å². The van der Waals surface area contributed by atoms with E-state index < -0.39 is 0 Å². The molecule has 0 heterocycles. The summed E-state index contributed by atoms with van der Waals surface area (Å²) in [6, 6.07) is 11.2. The number of carbonyl (C=O) groups is 1. The number of nitrogens with two attached hydrogens (primary N) is 1. The second kappa shape index (κ2) is 4.94. The zero-order valence-corrected chi connectivity index (χ0v) is 11.9. The van der Waals surface area contributed by atoms with Gasteiger partial charge in [-0.25, -0.2) is 0 Å². The third-order valence-electron chi connectivity index (χ3n) is 2.91. The van der Waals surface area contributed by atoms with E-state index in [1.807, 2.05) is 32.0 Å². The number of nitrogen functional groups attached to an aromatic ring is 1. The Bertz CT molecular complexity index is 616. The van der Waals surface area contributed by atoms with Crippen LogP contribution in [0.1, 0.15) is 27.0 Å². The molecule has 2 aromatic rings. The van der Waals surface area contributed by atoms with Crippen molar-refractivity contribution in [3.05, 3.63) is 63.1 Å². The van der Waals surface area contributed by atoms with Crippen molar-refractivity contribution in [2.24, 2.45) is 0 Å². The van der Waals surface area contributed by atoms with Crippen LogP contribution in [0.15, 0.2) is 40.9 Å². The second-order valence-electron chi connectivity index (χ2n) is 4.36. The number of benzene rings is 2. The van der Waals surface area contributed by atoms with E-state index in [2.05, 4.69) is 15.9 Å². The number of aryl methyl sites for hydroxylation is 2. The lowest BCUT2D eigenvalue weighted by Crippen LogP contribution is -2.06. The minimum absolute atomic E-state index is 0.00428. The molecule has 0 radical (unpaired) electrons. The Kier molecular flexibility index (Phi) is 3.53. The van der Waals surface area contributed by atoms with E-state index in [-0.39, 0.29) is 5.78 Å². The van der Waals surface area contributed by atoms with Crippen molar-refractivity contribution in [2.75, 3.05) is 5.73 Å². The number of halogens is 1. The van der Waals surface area contributed by atoms with E-state index >= 15 is 0 Å². The Morgan fingerprint density at radius 2 is 1.83 bits per heavy atom. The molecule has 3 heteroatoms. The molecule has 0 unspecified atom stereocenters. The molecule has 0 aliphatic rings. The molecule has 0 spiro atoms. The van der Waals surface area contributed by atoms with E-state index in [1.54, 1.807) is 18.2 Å². The second-order valence-corrected chi connectivity index (χ2v) is 5.15. The molecule has 0 saturated carbocycles. The third kappa shape index (κ3) is 2.31. The number of hydrogen-bond donors (Lipinski definition) is 1. The van der Waals surface area contributed by atoms with Gasteiger partial charge in [-0.3, -0.25) is 4.79 Å². The zero-order valence-electron chi connectivity index (χ0n) is 10.3. The van der Waals surface area contributed by atoms with Crippen molar-refractivity contribution in [3.8, 4) is 0 Å². The average molecular weight is 304 g/mol. The van der Waals surface area contributed by atoms with Gasteiger partial charge in [-0.15, -0.1) is 0 Å². The van der Waals surface area contributed by atoms with Crippen LogP contribution in [-0.4, -0.2) is 5.78 Å². The Labute approximate surface area is 115 Å². The lowest BCUT2D eigenvalue weighted by molar-refractivity contribution is 0.103. The van der Waals surface area contributed by atoms with Crippen molar-refractivity contribution in [3.63, 3.8) is 0 Å². The monoisotopic (exact) mass is 303 g/mol. The summed E-state index contributed by atoms with van der Waals surface area (Å²) in [6.07, 6.45) is 0. The highest BCUT2D eigenvalue weighted by molar-refractivity contribution is 9.10. The van der Waals surface area contributed by atoms with Gasteiger partial charge in [-0.2, -0.15) is 0 Å². The smallest absolute Gasteiger partial charge is 0.194 e. The van der Waals surface area contributed by atoms with Gasteiger partial charge >= 0.3 is 0 Å². The summed E-state index contributed by atoms with van der Waals surface area (Å²) in [5.74, 6) is -0.00428. The standard InChI is InChI=1S/C15H14BrNO/c1-9-6-7-10(2)12(8-9)15(18)11-4-3-5-13(17)14(11)16/h3-8H,17H2,1-2H3. The maximum Gasteiger partial charge on any atom is 0.194 e. The lowest BCUT2D eigenvalue weighted by Gasteiger charge is -2.09. The predicted octanol–water partition coefficient (Wildman–Crippen LogP) is 3.88. The summed E-state index contributed by atoms with van der Waals surface area (Å²) in [4.78, 5) is 12.5. The van der Waals surface area contributed by atoms with Crippen molar-refractivity contribution in [2.45, 2.75) is 13.8 Å². The summed E-state index contributed by atoms with van der Waals surface area (Å²) < 4.78 is 0.663. The molecule has 2 aromatic carbocycles. The SMILES string of the molecule is Cc1ccc(C)c(C(=O)c2cccc(N)c2Br)c1. The van der Waals surface area contributed by atoms with Crippen LogP contribution < -0.4 is 5.73 Å². The summed E-state index contributed by atoms with van der Waals surface area (Å²) in [7, 11) is 0. The highest BCUT2D eigenvalue weighted by Crippen LogP contribution is 2.27. The van der Waals surface area contributed by atoms with E-state index in [1.165, 1.54) is 0 Å². The Balaban J connectivity index is 2.55. The maximum absolute atomic E-state index is 12.5. The van der Waals surface area contributed by atoms with Crippen molar-refractivity contribution < 1.29 is 4.79 Å². The van der Waals surface area contributed by atoms with Crippen LogP contribution in [0.2, 0.25) is 0 Å². The van der Waals surface area contributed by atoms with Gasteiger partial charge in [0.15, 0.2) is 5.78 Å². The van der Waals surface area contributed by atoms with Gasteiger partial charge in [0.1, 0.15) is 0 Å². The lowest BCUT2D eigenvalue weighted by atomic mass is 9.97. The van der Waals surface area contributed by atoms with Crippen LogP contribution in [0.3, 0.4) is 0 Å². The molecule has 2 rings (SSSR count). The fraction of sp³-hybridized carbons (Fsp3) is 0.133. The van der Waals surface area contributed by atoms with E-state index in [4.69, 9.17) is 5.73 Å². The molecular weight excluding hydrogens is 290 g/mol. The first-order chi connectivity index (χ1) is 8.50. The fourth-order valence-electron chi connectivity index (χ4n) is 1.85. The molecular formula is C15H14BrNO. The van der Waals surface area contributed by atoms with Crippen molar-refractivity contribution in [1.82, 2.24) is 0 Å².